The third-order valence-electron chi connectivity index (χ3n) is 6.64. The summed E-state index contributed by atoms with van der Waals surface area (Å²) in [5.41, 5.74) is -1.07. The highest BCUT2D eigenvalue weighted by Gasteiger charge is 2.61. The van der Waals surface area contributed by atoms with Gasteiger partial charge in [-0.3, -0.25) is 5.32 Å². The summed E-state index contributed by atoms with van der Waals surface area (Å²) in [4.78, 5) is 12.0. The molecule has 1 saturated heterocycles. The molecular formula is C21H25ClF3NO5. The van der Waals surface area contributed by atoms with E-state index in [4.69, 9.17) is 30.5 Å². The summed E-state index contributed by atoms with van der Waals surface area (Å²) in [6.07, 6.45) is -1.99. The summed E-state index contributed by atoms with van der Waals surface area (Å²) >= 11 is 6.33. The Hall–Kier alpha value is -1.71. The first-order valence-corrected chi connectivity index (χ1v) is 10.6. The number of rotatable bonds is 4. The van der Waals surface area contributed by atoms with Gasteiger partial charge in [-0.05, 0) is 38.7 Å². The van der Waals surface area contributed by atoms with Crippen LogP contribution in [0, 0.1) is 12.8 Å². The molecule has 0 spiro atoms. The third kappa shape index (κ3) is 3.74. The fraction of sp³-hybridized carbons (Fsp3) is 0.667. The molecule has 31 heavy (non-hydrogen) atoms. The van der Waals surface area contributed by atoms with Crippen LogP contribution in [0.4, 0.5) is 13.2 Å². The van der Waals surface area contributed by atoms with Crippen molar-refractivity contribution < 1.29 is 36.9 Å². The van der Waals surface area contributed by atoms with Gasteiger partial charge in [-0.2, -0.15) is 13.2 Å². The first kappa shape index (κ1) is 22.5. The zero-order valence-corrected chi connectivity index (χ0v) is 18.3. The summed E-state index contributed by atoms with van der Waals surface area (Å²) in [5.74, 6) is -0.813. The maximum Gasteiger partial charge on any atom is 0.411 e. The highest BCUT2D eigenvalue weighted by atomic mass is 35.5. The van der Waals surface area contributed by atoms with Gasteiger partial charge in [-0.15, -0.1) is 0 Å². The predicted molar refractivity (Wildman–Crippen MR) is 106 cm³/mol. The van der Waals surface area contributed by atoms with Crippen LogP contribution < -0.4 is 14.8 Å². The molecule has 2 fully saturated rings. The quantitative estimate of drug-likeness (QED) is 0.668. The lowest BCUT2D eigenvalue weighted by Gasteiger charge is -2.47. The second-order valence-electron chi connectivity index (χ2n) is 8.67. The summed E-state index contributed by atoms with van der Waals surface area (Å²) in [7, 11) is 1.29. The number of hydrogen-bond acceptors (Lipinski definition) is 6. The number of benzene rings is 1. The topological polar surface area (TPSA) is 66.0 Å². The molecule has 1 aromatic carbocycles. The molecule has 1 aliphatic carbocycles. The normalized spacial score (nSPS) is 29.4. The van der Waals surface area contributed by atoms with Crippen LogP contribution in [0.1, 0.15) is 48.5 Å². The van der Waals surface area contributed by atoms with Crippen LogP contribution in [0.2, 0.25) is 5.02 Å². The lowest BCUT2D eigenvalue weighted by molar-refractivity contribution is -0.271. The van der Waals surface area contributed by atoms with Crippen LogP contribution in [0.25, 0.3) is 0 Å². The fourth-order valence-corrected chi connectivity index (χ4v) is 4.86. The van der Waals surface area contributed by atoms with Gasteiger partial charge in [-0.25, -0.2) is 4.79 Å². The number of halogens is 4. The lowest BCUT2D eigenvalue weighted by atomic mass is 9.80. The Kier molecular flexibility index (Phi) is 5.59. The van der Waals surface area contributed by atoms with E-state index in [2.05, 4.69) is 5.32 Å². The highest BCUT2D eigenvalue weighted by molar-refractivity contribution is 6.32. The molecule has 172 valence electrons. The first-order chi connectivity index (χ1) is 14.5. The van der Waals surface area contributed by atoms with Crippen molar-refractivity contribution in [1.82, 2.24) is 5.32 Å². The van der Waals surface area contributed by atoms with Gasteiger partial charge in [0, 0.05) is 24.4 Å². The van der Waals surface area contributed by atoms with Crippen LogP contribution in [-0.4, -0.2) is 49.8 Å². The van der Waals surface area contributed by atoms with Crippen molar-refractivity contribution in [1.29, 1.82) is 0 Å². The Morgan fingerprint density at radius 1 is 1.19 bits per heavy atom. The van der Waals surface area contributed by atoms with E-state index >= 15 is 0 Å². The molecule has 0 amide bonds. The van der Waals surface area contributed by atoms with Crippen molar-refractivity contribution in [3.63, 3.8) is 0 Å². The SMILES string of the molecule is COC(=O)c1cc(Cl)c2c(c1C)OC(C)(C1CCC(NC3(C(F)(F)F)COC3)CC1)O2. The summed E-state index contributed by atoms with van der Waals surface area (Å²) < 4.78 is 62.2. The smallest absolute Gasteiger partial charge is 0.411 e. The minimum absolute atomic E-state index is 0.0468. The van der Waals surface area contributed by atoms with E-state index in [1.54, 1.807) is 13.8 Å². The number of fused-ring (bicyclic) bond motifs is 1. The van der Waals surface area contributed by atoms with Crippen molar-refractivity contribution in [2.75, 3.05) is 20.3 Å². The lowest BCUT2D eigenvalue weighted by Crippen LogP contribution is -2.71. The summed E-state index contributed by atoms with van der Waals surface area (Å²) in [5, 5.41) is 3.04. The molecule has 1 unspecified atom stereocenters. The average molecular weight is 464 g/mol. The monoisotopic (exact) mass is 463 g/mol. The largest absolute Gasteiger partial charge is 0.465 e. The fourth-order valence-electron chi connectivity index (χ4n) is 4.62. The van der Waals surface area contributed by atoms with Crippen LogP contribution in [0.3, 0.4) is 0 Å². The second-order valence-corrected chi connectivity index (χ2v) is 9.07. The van der Waals surface area contributed by atoms with E-state index < -0.39 is 23.5 Å². The minimum Gasteiger partial charge on any atom is -0.465 e. The molecular weight excluding hydrogens is 439 g/mol. The molecule has 1 aromatic rings. The van der Waals surface area contributed by atoms with Crippen LogP contribution in [0.5, 0.6) is 11.5 Å². The highest BCUT2D eigenvalue weighted by Crippen LogP contribution is 2.52. The Labute approximate surface area is 183 Å². The number of methoxy groups -OCH3 is 1. The van der Waals surface area contributed by atoms with Gasteiger partial charge >= 0.3 is 12.1 Å². The first-order valence-electron chi connectivity index (χ1n) is 10.2. The Bertz CT molecular complexity index is 881. The number of alkyl halides is 3. The Morgan fingerprint density at radius 3 is 2.32 bits per heavy atom. The number of nitrogens with one attached hydrogen (secondary N) is 1. The van der Waals surface area contributed by atoms with E-state index in [9.17, 15) is 18.0 Å². The van der Waals surface area contributed by atoms with Crippen molar-refractivity contribution in [3.8, 4) is 11.5 Å². The van der Waals surface area contributed by atoms with E-state index in [1.165, 1.54) is 13.2 Å². The summed E-state index contributed by atoms with van der Waals surface area (Å²) in [6.45, 7) is 2.83. The number of hydrogen-bond donors (Lipinski definition) is 1. The maximum absolute atomic E-state index is 13.4. The molecule has 1 saturated carbocycles. The van der Waals surface area contributed by atoms with Crippen LogP contribution >= 0.6 is 11.6 Å². The Morgan fingerprint density at radius 2 is 1.81 bits per heavy atom. The molecule has 0 bridgehead atoms. The minimum atomic E-state index is -4.35. The van der Waals surface area contributed by atoms with Gasteiger partial charge in [0.25, 0.3) is 5.79 Å². The standard InChI is InChI=1S/C21H25ClF3NO5/c1-11-14(18(27)28-3)8-15(22)17-16(11)30-19(2,31-17)12-4-6-13(7-5-12)26-20(9-29-10-20)21(23,24)25/h8,12-13,26H,4-7,9-10H2,1-3H3. The van der Waals surface area contributed by atoms with Gasteiger partial charge in [0.15, 0.2) is 17.0 Å². The van der Waals surface area contributed by atoms with Gasteiger partial charge in [0.2, 0.25) is 0 Å². The molecule has 1 N–H and O–H groups in total. The predicted octanol–water partition coefficient (Wildman–Crippen LogP) is 4.40. The van der Waals surface area contributed by atoms with Crippen molar-refractivity contribution in [2.45, 2.75) is 63.1 Å². The number of carbonyl (C=O) groups is 1. The van der Waals surface area contributed by atoms with E-state index in [0.717, 1.165) is 0 Å². The average Bonchev–Trinajstić information content (AvgIpc) is 3.06. The number of carbonyl (C=O) groups excluding carboxylic acids is 1. The molecule has 2 heterocycles. The number of esters is 1. The number of ether oxygens (including phenoxy) is 4. The van der Waals surface area contributed by atoms with Crippen molar-refractivity contribution >= 4 is 17.6 Å². The zero-order chi connectivity index (χ0) is 22.6. The van der Waals surface area contributed by atoms with E-state index in [1.807, 2.05) is 0 Å². The molecule has 10 heteroatoms. The molecule has 0 aromatic heterocycles. The molecule has 0 radical (unpaired) electrons. The van der Waals surface area contributed by atoms with Gasteiger partial charge in [0.1, 0.15) is 0 Å². The second kappa shape index (κ2) is 7.71. The van der Waals surface area contributed by atoms with Gasteiger partial charge in [0.05, 0.1) is 30.9 Å². The van der Waals surface area contributed by atoms with E-state index in [0.29, 0.717) is 48.3 Å². The zero-order valence-electron chi connectivity index (χ0n) is 17.5. The van der Waals surface area contributed by atoms with Crippen molar-refractivity contribution in [2.24, 2.45) is 5.92 Å². The van der Waals surface area contributed by atoms with Crippen LogP contribution in [-0.2, 0) is 9.47 Å². The van der Waals surface area contributed by atoms with Gasteiger partial charge in [-0.1, -0.05) is 11.6 Å². The van der Waals surface area contributed by atoms with Gasteiger partial charge < -0.3 is 18.9 Å². The summed E-state index contributed by atoms with van der Waals surface area (Å²) in [6, 6.07) is 1.24. The molecule has 4 rings (SSSR count). The third-order valence-corrected chi connectivity index (χ3v) is 6.92. The molecule has 3 aliphatic rings. The molecule has 2 aliphatic heterocycles. The van der Waals surface area contributed by atoms with E-state index in [-0.39, 0.29) is 30.2 Å². The van der Waals surface area contributed by atoms with Crippen molar-refractivity contribution in [3.05, 3.63) is 22.2 Å². The van der Waals surface area contributed by atoms with Crippen LogP contribution in [0.15, 0.2) is 6.07 Å². The maximum atomic E-state index is 13.4. The molecule has 1 atom stereocenters. The molecule has 6 nitrogen and oxygen atoms in total. The Balaban J connectivity index is 1.45.